The molecule has 2 fully saturated rings. The third kappa shape index (κ3) is 6.18. The second-order valence-electron chi connectivity index (χ2n) is 9.60. The van der Waals surface area contributed by atoms with Crippen LogP contribution < -0.4 is 14.8 Å². The zero-order chi connectivity index (χ0) is 26.6. The van der Waals surface area contributed by atoms with Gasteiger partial charge in [0.2, 0.25) is 0 Å². The maximum absolute atomic E-state index is 13.1. The highest BCUT2D eigenvalue weighted by atomic mass is 19.4. The van der Waals surface area contributed by atoms with Crippen LogP contribution in [0.15, 0.2) is 42.5 Å². The average molecular weight is 522 g/mol. The number of carboxylic acid groups (broad SMARTS) is 1. The number of halogens is 3. The lowest BCUT2D eigenvalue weighted by Gasteiger charge is -2.38. The van der Waals surface area contributed by atoms with Gasteiger partial charge in [-0.15, -0.1) is 0 Å². The van der Waals surface area contributed by atoms with Gasteiger partial charge in [-0.05, 0) is 55.0 Å². The molecule has 0 aromatic heterocycles. The van der Waals surface area contributed by atoms with Crippen molar-refractivity contribution in [3.05, 3.63) is 59.2 Å². The number of carbonyl (C=O) groups is 2. The number of ether oxygens (including phenoxy) is 3. The summed E-state index contributed by atoms with van der Waals surface area (Å²) in [5, 5.41) is 12.2. The normalized spacial score (nSPS) is 22.1. The fraction of sp³-hybridized carbons (Fsp3) is 0.481. The van der Waals surface area contributed by atoms with Crippen LogP contribution in [0.5, 0.6) is 11.5 Å². The topological polar surface area (TPSA) is 94.1 Å². The minimum absolute atomic E-state index is 0.126. The SMILES string of the molecule is COc1ccc(C(=O)N[C@]2(C(=O)O)CC[C@H](C(F)(F)F)CC2)cc1OCCc1cccc(C2COC2)c1. The highest BCUT2D eigenvalue weighted by molar-refractivity contribution is 5.98. The summed E-state index contributed by atoms with van der Waals surface area (Å²) in [5.74, 6) is -2.49. The monoisotopic (exact) mass is 521 g/mol. The summed E-state index contributed by atoms with van der Waals surface area (Å²) in [7, 11) is 1.46. The summed E-state index contributed by atoms with van der Waals surface area (Å²) in [6.45, 7) is 1.75. The molecule has 2 aromatic rings. The Balaban J connectivity index is 1.41. The van der Waals surface area contributed by atoms with E-state index in [-0.39, 0.29) is 31.2 Å². The van der Waals surface area contributed by atoms with Gasteiger partial charge in [0.1, 0.15) is 5.54 Å². The predicted octanol–water partition coefficient (Wildman–Crippen LogP) is 4.74. The summed E-state index contributed by atoms with van der Waals surface area (Å²) in [6, 6.07) is 12.6. The number of alkyl halides is 3. The smallest absolute Gasteiger partial charge is 0.391 e. The Bertz CT molecular complexity index is 1120. The van der Waals surface area contributed by atoms with E-state index < -0.39 is 29.5 Å². The summed E-state index contributed by atoms with van der Waals surface area (Å²) >= 11 is 0. The summed E-state index contributed by atoms with van der Waals surface area (Å²) in [6.07, 6.45) is -5.09. The molecule has 0 spiro atoms. The van der Waals surface area contributed by atoms with Gasteiger partial charge in [-0.1, -0.05) is 24.3 Å². The first-order valence-electron chi connectivity index (χ1n) is 12.2. The lowest BCUT2D eigenvalue weighted by molar-refractivity contribution is -0.187. The molecule has 0 atom stereocenters. The number of aliphatic carboxylic acids is 1. The van der Waals surface area contributed by atoms with Crippen LogP contribution in [-0.4, -0.2) is 55.6 Å². The number of rotatable bonds is 9. The van der Waals surface area contributed by atoms with Crippen LogP contribution in [0.2, 0.25) is 0 Å². The highest BCUT2D eigenvalue weighted by Gasteiger charge is 2.49. The average Bonchev–Trinajstić information content (AvgIpc) is 2.83. The van der Waals surface area contributed by atoms with Crippen molar-refractivity contribution < 1.29 is 42.1 Å². The zero-order valence-electron chi connectivity index (χ0n) is 20.5. The third-order valence-electron chi connectivity index (χ3n) is 7.20. The molecular weight excluding hydrogens is 491 g/mol. The van der Waals surface area contributed by atoms with Gasteiger partial charge < -0.3 is 24.6 Å². The maximum atomic E-state index is 13.1. The van der Waals surface area contributed by atoms with Crippen LogP contribution >= 0.6 is 0 Å². The lowest BCUT2D eigenvalue weighted by Crippen LogP contribution is -2.57. The molecule has 0 radical (unpaired) electrons. The van der Waals surface area contributed by atoms with Crippen molar-refractivity contribution in [2.75, 3.05) is 26.9 Å². The number of nitrogens with one attached hydrogen (secondary N) is 1. The Labute approximate surface area is 212 Å². The molecule has 10 heteroatoms. The second kappa shape index (κ2) is 11.0. The van der Waals surface area contributed by atoms with E-state index >= 15 is 0 Å². The molecule has 2 aliphatic rings. The van der Waals surface area contributed by atoms with Crippen LogP contribution in [0, 0.1) is 5.92 Å². The Morgan fingerprint density at radius 2 is 1.84 bits per heavy atom. The van der Waals surface area contributed by atoms with Crippen LogP contribution in [0.1, 0.15) is 53.1 Å². The van der Waals surface area contributed by atoms with Crippen LogP contribution in [-0.2, 0) is 16.0 Å². The molecule has 1 aliphatic carbocycles. The van der Waals surface area contributed by atoms with Crippen molar-refractivity contribution in [2.24, 2.45) is 5.92 Å². The van der Waals surface area contributed by atoms with Gasteiger partial charge in [-0.25, -0.2) is 4.79 Å². The van der Waals surface area contributed by atoms with Crippen molar-refractivity contribution in [1.29, 1.82) is 0 Å². The van der Waals surface area contributed by atoms with Gasteiger partial charge in [0.15, 0.2) is 11.5 Å². The highest BCUT2D eigenvalue weighted by Crippen LogP contribution is 2.41. The van der Waals surface area contributed by atoms with E-state index in [9.17, 15) is 27.9 Å². The first kappa shape index (κ1) is 26.8. The summed E-state index contributed by atoms with van der Waals surface area (Å²) in [5.41, 5.74) is 0.684. The van der Waals surface area contributed by atoms with Gasteiger partial charge >= 0.3 is 12.1 Å². The molecular formula is C27H30F3NO6. The number of hydrogen-bond acceptors (Lipinski definition) is 5. The predicted molar refractivity (Wildman–Crippen MR) is 128 cm³/mol. The number of carboxylic acids is 1. The summed E-state index contributed by atoms with van der Waals surface area (Å²) < 4.78 is 55.7. The molecule has 1 saturated carbocycles. The van der Waals surface area contributed by atoms with Gasteiger partial charge in [0, 0.05) is 17.9 Å². The fourth-order valence-electron chi connectivity index (χ4n) is 4.76. The Morgan fingerprint density at radius 1 is 1.11 bits per heavy atom. The zero-order valence-corrected chi connectivity index (χ0v) is 20.5. The Hall–Kier alpha value is -3.27. The molecule has 200 valence electrons. The third-order valence-corrected chi connectivity index (χ3v) is 7.20. The number of methoxy groups -OCH3 is 1. The van der Waals surface area contributed by atoms with E-state index in [0.29, 0.717) is 30.4 Å². The van der Waals surface area contributed by atoms with Crippen molar-refractivity contribution in [3.63, 3.8) is 0 Å². The first-order chi connectivity index (χ1) is 17.6. The van der Waals surface area contributed by atoms with E-state index in [2.05, 4.69) is 17.4 Å². The Morgan fingerprint density at radius 3 is 2.43 bits per heavy atom. The molecule has 0 bridgehead atoms. The van der Waals surface area contributed by atoms with E-state index in [4.69, 9.17) is 14.2 Å². The van der Waals surface area contributed by atoms with E-state index in [1.165, 1.54) is 30.9 Å². The van der Waals surface area contributed by atoms with Crippen LogP contribution in [0.25, 0.3) is 0 Å². The summed E-state index contributed by atoms with van der Waals surface area (Å²) in [4.78, 5) is 25.0. The number of carbonyl (C=O) groups excluding carboxylic acids is 1. The van der Waals surface area contributed by atoms with Crippen molar-refractivity contribution in [2.45, 2.75) is 49.7 Å². The number of hydrogen-bond donors (Lipinski definition) is 2. The second-order valence-corrected chi connectivity index (χ2v) is 9.60. The molecule has 7 nitrogen and oxygen atoms in total. The van der Waals surface area contributed by atoms with Gasteiger partial charge in [0.05, 0.1) is 32.8 Å². The molecule has 2 N–H and O–H groups in total. The molecule has 0 unspecified atom stereocenters. The van der Waals surface area contributed by atoms with E-state index in [0.717, 1.165) is 18.8 Å². The van der Waals surface area contributed by atoms with Gasteiger partial charge in [-0.3, -0.25) is 4.79 Å². The van der Waals surface area contributed by atoms with Crippen molar-refractivity contribution in [3.8, 4) is 11.5 Å². The van der Waals surface area contributed by atoms with Crippen molar-refractivity contribution in [1.82, 2.24) is 5.32 Å². The fourth-order valence-corrected chi connectivity index (χ4v) is 4.76. The lowest BCUT2D eigenvalue weighted by atomic mass is 9.76. The van der Waals surface area contributed by atoms with Crippen LogP contribution in [0.4, 0.5) is 13.2 Å². The maximum Gasteiger partial charge on any atom is 0.391 e. The first-order valence-corrected chi connectivity index (χ1v) is 12.2. The molecule has 1 saturated heterocycles. The molecule has 4 rings (SSSR count). The minimum Gasteiger partial charge on any atom is -0.493 e. The molecule has 1 aliphatic heterocycles. The standard InChI is InChI=1S/C27H30F3NO6/c1-35-22-6-5-19(24(32)31-26(25(33)34)10-7-21(8-11-26)27(28,29)30)14-23(22)37-12-9-17-3-2-4-18(13-17)20-15-36-16-20/h2-6,13-14,20-21H,7-12,15-16H2,1H3,(H,31,32)(H,33,34)/t21-,26+. The largest absolute Gasteiger partial charge is 0.493 e. The molecule has 37 heavy (non-hydrogen) atoms. The van der Waals surface area contributed by atoms with E-state index in [1.54, 1.807) is 0 Å². The van der Waals surface area contributed by atoms with E-state index in [1.807, 2.05) is 12.1 Å². The van der Waals surface area contributed by atoms with Gasteiger partial charge in [0.25, 0.3) is 5.91 Å². The quantitative estimate of drug-likeness (QED) is 0.495. The minimum atomic E-state index is -4.39. The molecule has 1 amide bonds. The Kier molecular flexibility index (Phi) is 7.96. The van der Waals surface area contributed by atoms with Crippen LogP contribution in [0.3, 0.4) is 0 Å². The molecule has 1 heterocycles. The van der Waals surface area contributed by atoms with Gasteiger partial charge in [-0.2, -0.15) is 13.2 Å². The molecule has 2 aromatic carbocycles. The van der Waals surface area contributed by atoms with Crippen molar-refractivity contribution >= 4 is 11.9 Å². The number of benzene rings is 2. The number of amides is 1.